The summed E-state index contributed by atoms with van der Waals surface area (Å²) >= 11 is 0. The van der Waals surface area contributed by atoms with E-state index in [1.807, 2.05) is 12.1 Å². The summed E-state index contributed by atoms with van der Waals surface area (Å²) in [4.78, 5) is 20.5. The number of hydrogen-bond acceptors (Lipinski definition) is 4. The number of hydrogen-bond donors (Lipinski definition) is 1. The molecule has 0 spiro atoms. The Morgan fingerprint density at radius 3 is 2.26 bits per heavy atom. The fraction of sp³-hybridized carbons (Fsp3) is 0.182. The van der Waals surface area contributed by atoms with Crippen LogP contribution >= 0.6 is 0 Å². The van der Waals surface area contributed by atoms with E-state index in [2.05, 4.69) is 18.0 Å². The Morgan fingerprint density at radius 2 is 1.67 bits per heavy atom. The molecule has 0 unspecified atom stereocenters. The molecule has 0 atom stereocenters. The summed E-state index contributed by atoms with van der Waals surface area (Å²) < 4.78 is 0. The maximum atomic E-state index is 11.1. The molecule has 0 aliphatic heterocycles. The molecule has 0 amide bonds. The van der Waals surface area contributed by atoms with Gasteiger partial charge in [-0.1, -0.05) is 37.6 Å². The molecule has 0 bridgehead atoms. The smallest absolute Gasteiger partial charge is 0.335 e. The van der Waals surface area contributed by atoms with Crippen LogP contribution in [0.3, 0.4) is 0 Å². The Labute approximate surface area is 158 Å². The fourth-order valence-electron chi connectivity index (χ4n) is 2.79. The van der Waals surface area contributed by atoms with Gasteiger partial charge in [-0.2, -0.15) is 5.26 Å². The summed E-state index contributed by atoms with van der Waals surface area (Å²) in [5.74, 6) is -0.961. The molecule has 1 heterocycles. The number of carbonyl (C=O) groups is 1. The van der Waals surface area contributed by atoms with Crippen LogP contribution in [0, 0.1) is 11.3 Å². The van der Waals surface area contributed by atoms with Gasteiger partial charge in [-0.25, -0.2) is 9.78 Å². The molecule has 0 radical (unpaired) electrons. The van der Waals surface area contributed by atoms with Gasteiger partial charge in [-0.15, -0.1) is 0 Å². The molecule has 0 aliphatic carbocycles. The summed E-state index contributed by atoms with van der Waals surface area (Å²) in [6.07, 6.45) is 4.74. The molecule has 3 aromatic rings. The van der Waals surface area contributed by atoms with Crippen LogP contribution in [0.4, 0.5) is 0 Å². The van der Waals surface area contributed by atoms with Gasteiger partial charge in [0.05, 0.1) is 34.3 Å². The molecule has 134 valence electrons. The molecule has 1 aromatic heterocycles. The largest absolute Gasteiger partial charge is 0.478 e. The van der Waals surface area contributed by atoms with Gasteiger partial charge in [0.15, 0.2) is 0 Å². The normalized spacial score (nSPS) is 10.4. The van der Waals surface area contributed by atoms with Gasteiger partial charge >= 0.3 is 5.97 Å². The molecule has 3 rings (SSSR count). The first-order valence-corrected chi connectivity index (χ1v) is 8.82. The second kappa shape index (κ2) is 8.24. The molecule has 0 aliphatic rings. The first kappa shape index (κ1) is 18.3. The zero-order valence-electron chi connectivity index (χ0n) is 15.0. The summed E-state index contributed by atoms with van der Waals surface area (Å²) in [5.41, 5.74) is 4.82. The van der Waals surface area contributed by atoms with Crippen molar-refractivity contribution >= 4 is 5.97 Å². The van der Waals surface area contributed by atoms with Crippen LogP contribution in [-0.4, -0.2) is 21.0 Å². The average molecular weight is 357 g/mol. The van der Waals surface area contributed by atoms with Gasteiger partial charge in [0.2, 0.25) is 0 Å². The molecule has 5 heteroatoms. The maximum absolute atomic E-state index is 11.1. The number of carboxylic acid groups (broad SMARTS) is 1. The minimum atomic E-state index is -0.961. The highest BCUT2D eigenvalue weighted by atomic mass is 16.4. The van der Waals surface area contributed by atoms with E-state index >= 15 is 0 Å². The fourth-order valence-corrected chi connectivity index (χ4v) is 2.79. The van der Waals surface area contributed by atoms with E-state index in [-0.39, 0.29) is 5.56 Å². The minimum Gasteiger partial charge on any atom is -0.478 e. The molecule has 0 saturated heterocycles. The Bertz CT molecular complexity index is 988. The lowest BCUT2D eigenvalue weighted by atomic mass is 10.0. The van der Waals surface area contributed by atoms with Crippen LogP contribution in [0.15, 0.2) is 54.7 Å². The molecule has 27 heavy (non-hydrogen) atoms. The van der Waals surface area contributed by atoms with E-state index in [1.54, 1.807) is 42.6 Å². The SMILES string of the molecule is CCCCc1cnc(-c2ccc(C#N)cc2)c(-c2ccc(C(=O)O)cc2)n1. The average Bonchev–Trinajstić information content (AvgIpc) is 2.72. The number of nitrogens with zero attached hydrogens (tertiary/aromatic N) is 3. The second-order valence-electron chi connectivity index (χ2n) is 6.23. The summed E-state index contributed by atoms with van der Waals surface area (Å²) in [7, 11) is 0. The lowest BCUT2D eigenvalue weighted by molar-refractivity contribution is 0.0697. The summed E-state index contributed by atoms with van der Waals surface area (Å²) in [6.45, 7) is 2.13. The van der Waals surface area contributed by atoms with Crippen molar-refractivity contribution in [3.05, 3.63) is 71.5 Å². The molecular formula is C22H19N3O2. The van der Waals surface area contributed by atoms with E-state index in [9.17, 15) is 4.79 Å². The zero-order chi connectivity index (χ0) is 19.2. The highest BCUT2D eigenvalue weighted by Crippen LogP contribution is 2.29. The molecule has 0 saturated carbocycles. The van der Waals surface area contributed by atoms with Crippen LogP contribution in [0.1, 0.15) is 41.4 Å². The predicted octanol–water partition coefficient (Wildman–Crippen LogP) is 4.72. The number of rotatable bonds is 6. The number of aromatic nitrogens is 2. The van der Waals surface area contributed by atoms with E-state index in [0.29, 0.717) is 17.0 Å². The van der Waals surface area contributed by atoms with Gasteiger partial charge in [-0.05, 0) is 37.1 Å². The summed E-state index contributed by atoms with van der Waals surface area (Å²) in [5, 5.41) is 18.1. The van der Waals surface area contributed by atoms with Crippen LogP contribution < -0.4 is 0 Å². The standard InChI is InChI=1S/C22H19N3O2/c1-2-3-4-19-14-24-20(16-7-5-15(13-23)6-8-16)21(25-19)17-9-11-18(12-10-17)22(26)27/h5-12,14H,2-4H2,1H3,(H,26,27). The topological polar surface area (TPSA) is 86.9 Å². The maximum Gasteiger partial charge on any atom is 0.335 e. The van der Waals surface area contributed by atoms with Gasteiger partial charge in [0, 0.05) is 17.3 Å². The number of aromatic carboxylic acids is 1. The number of benzene rings is 2. The van der Waals surface area contributed by atoms with Crippen molar-refractivity contribution in [2.45, 2.75) is 26.2 Å². The van der Waals surface area contributed by atoms with Crippen molar-refractivity contribution in [3.8, 4) is 28.6 Å². The number of carboxylic acids is 1. The molecule has 5 nitrogen and oxygen atoms in total. The van der Waals surface area contributed by atoms with E-state index in [0.717, 1.165) is 36.1 Å². The van der Waals surface area contributed by atoms with E-state index in [4.69, 9.17) is 15.4 Å². The molecule has 1 N–H and O–H groups in total. The van der Waals surface area contributed by atoms with Crippen molar-refractivity contribution in [1.82, 2.24) is 9.97 Å². The third kappa shape index (κ3) is 4.18. The van der Waals surface area contributed by atoms with Crippen molar-refractivity contribution < 1.29 is 9.90 Å². The molecule has 0 fully saturated rings. The Hall–Kier alpha value is -3.52. The Kier molecular flexibility index (Phi) is 5.58. The van der Waals surface area contributed by atoms with Crippen LogP contribution in [0.2, 0.25) is 0 Å². The van der Waals surface area contributed by atoms with Gasteiger partial charge in [0.25, 0.3) is 0 Å². The molecular weight excluding hydrogens is 338 g/mol. The van der Waals surface area contributed by atoms with Crippen LogP contribution in [0.25, 0.3) is 22.5 Å². The Balaban J connectivity index is 2.09. The molecule has 2 aromatic carbocycles. The van der Waals surface area contributed by atoms with Crippen molar-refractivity contribution in [1.29, 1.82) is 5.26 Å². The lowest BCUT2D eigenvalue weighted by Gasteiger charge is -2.11. The Morgan fingerprint density at radius 1 is 1.04 bits per heavy atom. The number of unbranched alkanes of at least 4 members (excludes halogenated alkanes) is 1. The third-order valence-corrected chi connectivity index (χ3v) is 4.30. The highest BCUT2D eigenvalue weighted by Gasteiger charge is 2.13. The van der Waals surface area contributed by atoms with Crippen molar-refractivity contribution in [3.63, 3.8) is 0 Å². The first-order valence-electron chi connectivity index (χ1n) is 8.82. The van der Waals surface area contributed by atoms with Gasteiger partial charge in [0.1, 0.15) is 0 Å². The van der Waals surface area contributed by atoms with Gasteiger partial charge < -0.3 is 5.11 Å². The first-order chi connectivity index (χ1) is 13.1. The highest BCUT2D eigenvalue weighted by molar-refractivity contribution is 5.88. The quantitative estimate of drug-likeness (QED) is 0.689. The number of nitriles is 1. The number of aryl methyl sites for hydroxylation is 1. The zero-order valence-corrected chi connectivity index (χ0v) is 15.0. The van der Waals surface area contributed by atoms with Gasteiger partial charge in [-0.3, -0.25) is 4.98 Å². The van der Waals surface area contributed by atoms with E-state index in [1.165, 1.54) is 0 Å². The second-order valence-corrected chi connectivity index (χ2v) is 6.23. The third-order valence-electron chi connectivity index (χ3n) is 4.30. The van der Waals surface area contributed by atoms with Crippen LogP contribution in [0.5, 0.6) is 0 Å². The van der Waals surface area contributed by atoms with Crippen molar-refractivity contribution in [2.24, 2.45) is 0 Å². The minimum absolute atomic E-state index is 0.230. The lowest BCUT2D eigenvalue weighted by Crippen LogP contribution is -2.00. The predicted molar refractivity (Wildman–Crippen MR) is 103 cm³/mol. The van der Waals surface area contributed by atoms with Crippen molar-refractivity contribution in [2.75, 3.05) is 0 Å². The monoisotopic (exact) mass is 357 g/mol. The van der Waals surface area contributed by atoms with Crippen LogP contribution in [-0.2, 0) is 6.42 Å². The summed E-state index contributed by atoms with van der Waals surface area (Å²) in [6, 6.07) is 16.0. The van der Waals surface area contributed by atoms with E-state index < -0.39 is 5.97 Å².